The second-order valence-corrected chi connectivity index (χ2v) is 6.48. The molecule has 1 aliphatic rings. The summed E-state index contributed by atoms with van der Waals surface area (Å²) in [4.78, 5) is 0. The molecular formula is C14H24N2. The molecule has 2 nitrogen and oxygen atoms in total. The molecule has 1 saturated carbocycles. The Bertz CT molecular complexity index is 365. The van der Waals surface area contributed by atoms with E-state index in [0.29, 0.717) is 5.92 Å². The Kier molecular flexibility index (Phi) is 2.85. The van der Waals surface area contributed by atoms with Gasteiger partial charge in [0.15, 0.2) is 0 Å². The van der Waals surface area contributed by atoms with Gasteiger partial charge in [-0.15, -0.1) is 0 Å². The minimum Gasteiger partial charge on any atom is -0.269 e. The molecule has 0 saturated heterocycles. The van der Waals surface area contributed by atoms with Gasteiger partial charge < -0.3 is 0 Å². The van der Waals surface area contributed by atoms with Crippen LogP contribution in [0.25, 0.3) is 0 Å². The first-order chi connectivity index (χ1) is 7.38. The van der Waals surface area contributed by atoms with Crippen LogP contribution >= 0.6 is 0 Å². The zero-order valence-corrected chi connectivity index (χ0v) is 11.2. The molecule has 1 aromatic rings. The van der Waals surface area contributed by atoms with Gasteiger partial charge in [-0.1, -0.05) is 34.6 Å². The molecule has 0 spiro atoms. The number of rotatable bonds is 3. The van der Waals surface area contributed by atoms with Gasteiger partial charge in [-0.25, -0.2) is 0 Å². The fourth-order valence-electron chi connectivity index (χ4n) is 1.95. The first-order valence-corrected chi connectivity index (χ1v) is 6.46. The Morgan fingerprint density at radius 2 is 2.00 bits per heavy atom. The fraction of sp³-hybridized carbons (Fsp3) is 0.786. The summed E-state index contributed by atoms with van der Waals surface area (Å²) in [6.07, 6.45) is 2.78. The van der Waals surface area contributed by atoms with Crippen LogP contribution in [0.15, 0.2) is 6.07 Å². The van der Waals surface area contributed by atoms with Gasteiger partial charge in [0.2, 0.25) is 0 Å². The van der Waals surface area contributed by atoms with Crippen LogP contribution in [-0.2, 0) is 12.0 Å². The van der Waals surface area contributed by atoms with Crippen LogP contribution in [0.2, 0.25) is 0 Å². The van der Waals surface area contributed by atoms with Crippen LogP contribution in [0.1, 0.15) is 64.8 Å². The van der Waals surface area contributed by atoms with E-state index in [9.17, 15) is 0 Å². The van der Waals surface area contributed by atoms with E-state index in [0.717, 1.165) is 12.5 Å². The van der Waals surface area contributed by atoms with Crippen LogP contribution < -0.4 is 0 Å². The molecule has 0 amide bonds. The molecule has 1 aromatic heterocycles. The summed E-state index contributed by atoms with van der Waals surface area (Å²) < 4.78 is 2.25. The van der Waals surface area contributed by atoms with Crippen LogP contribution in [0.4, 0.5) is 0 Å². The molecule has 1 aliphatic carbocycles. The van der Waals surface area contributed by atoms with Crippen molar-refractivity contribution in [2.24, 2.45) is 5.92 Å². The summed E-state index contributed by atoms with van der Waals surface area (Å²) >= 11 is 0. The maximum absolute atomic E-state index is 4.80. The zero-order valence-electron chi connectivity index (χ0n) is 11.2. The lowest BCUT2D eigenvalue weighted by atomic mass is 9.92. The number of hydrogen-bond acceptors (Lipinski definition) is 1. The third-order valence-corrected chi connectivity index (χ3v) is 3.30. The smallest absolute Gasteiger partial charge is 0.0680 e. The van der Waals surface area contributed by atoms with Crippen molar-refractivity contribution in [3.05, 3.63) is 17.5 Å². The van der Waals surface area contributed by atoms with E-state index in [4.69, 9.17) is 5.10 Å². The molecule has 0 aromatic carbocycles. The third kappa shape index (κ3) is 2.47. The van der Waals surface area contributed by atoms with Crippen LogP contribution in [0, 0.1) is 5.92 Å². The predicted molar refractivity (Wildman–Crippen MR) is 67.7 cm³/mol. The van der Waals surface area contributed by atoms with Crippen molar-refractivity contribution in [2.45, 2.75) is 65.3 Å². The summed E-state index contributed by atoms with van der Waals surface area (Å²) in [5.74, 6) is 1.47. The first-order valence-electron chi connectivity index (χ1n) is 6.46. The highest BCUT2D eigenvalue weighted by atomic mass is 15.3. The lowest BCUT2D eigenvalue weighted by Gasteiger charge is -2.14. The zero-order chi connectivity index (χ0) is 11.9. The van der Waals surface area contributed by atoms with E-state index in [1.807, 2.05) is 0 Å². The molecule has 0 aliphatic heterocycles. The maximum Gasteiger partial charge on any atom is 0.0680 e. The molecule has 90 valence electrons. The van der Waals surface area contributed by atoms with Crippen molar-refractivity contribution in [1.82, 2.24) is 9.78 Å². The van der Waals surface area contributed by atoms with E-state index >= 15 is 0 Å². The normalized spacial score (nSPS) is 17.1. The standard InChI is InChI=1S/C14H24N2/c1-10(2)12-8-13(14(3,4)5)15-16(12)9-11-6-7-11/h8,10-11H,6-7,9H2,1-5H3. The molecule has 16 heavy (non-hydrogen) atoms. The van der Waals surface area contributed by atoms with Gasteiger partial charge in [0.1, 0.15) is 0 Å². The topological polar surface area (TPSA) is 17.8 Å². The Balaban J connectivity index is 2.29. The summed E-state index contributed by atoms with van der Waals surface area (Å²) in [5.41, 5.74) is 2.80. The lowest BCUT2D eigenvalue weighted by molar-refractivity contribution is 0.497. The molecule has 0 N–H and O–H groups in total. The van der Waals surface area contributed by atoms with E-state index in [-0.39, 0.29) is 5.41 Å². The molecule has 0 unspecified atom stereocenters. The molecule has 1 fully saturated rings. The Hall–Kier alpha value is -0.790. The van der Waals surface area contributed by atoms with Crippen molar-refractivity contribution in [3.8, 4) is 0 Å². The molecule has 0 radical (unpaired) electrons. The summed E-state index contributed by atoms with van der Waals surface area (Å²) in [7, 11) is 0. The van der Waals surface area contributed by atoms with Crippen LogP contribution in [0.3, 0.4) is 0 Å². The van der Waals surface area contributed by atoms with Crippen LogP contribution in [-0.4, -0.2) is 9.78 Å². The predicted octanol–water partition coefficient (Wildman–Crippen LogP) is 3.71. The minimum atomic E-state index is 0.165. The number of aromatic nitrogens is 2. The van der Waals surface area contributed by atoms with Crippen molar-refractivity contribution in [1.29, 1.82) is 0 Å². The highest BCUT2D eigenvalue weighted by Crippen LogP contribution is 2.33. The monoisotopic (exact) mass is 220 g/mol. The lowest BCUT2D eigenvalue weighted by Crippen LogP contribution is -2.13. The van der Waals surface area contributed by atoms with E-state index in [2.05, 4.69) is 45.4 Å². The van der Waals surface area contributed by atoms with E-state index in [1.165, 1.54) is 24.2 Å². The second-order valence-electron chi connectivity index (χ2n) is 6.48. The van der Waals surface area contributed by atoms with Gasteiger partial charge in [-0.05, 0) is 30.7 Å². The van der Waals surface area contributed by atoms with Crippen molar-refractivity contribution in [3.63, 3.8) is 0 Å². The average molecular weight is 220 g/mol. The van der Waals surface area contributed by atoms with Gasteiger partial charge in [0.05, 0.1) is 5.69 Å². The third-order valence-electron chi connectivity index (χ3n) is 3.30. The Morgan fingerprint density at radius 1 is 1.38 bits per heavy atom. The molecular weight excluding hydrogens is 196 g/mol. The van der Waals surface area contributed by atoms with E-state index in [1.54, 1.807) is 0 Å². The van der Waals surface area contributed by atoms with Gasteiger partial charge >= 0.3 is 0 Å². The SMILES string of the molecule is CC(C)c1cc(C(C)(C)C)nn1CC1CC1. The van der Waals surface area contributed by atoms with Gasteiger partial charge in [0, 0.05) is 17.7 Å². The quantitative estimate of drug-likeness (QED) is 0.759. The Labute approximate surface area is 99.0 Å². The molecule has 1 heterocycles. The van der Waals surface area contributed by atoms with Gasteiger partial charge in [-0.3, -0.25) is 4.68 Å². The van der Waals surface area contributed by atoms with Crippen molar-refractivity contribution in [2.75, 3.05) is 0 Å². The number of hydrogen-bond donors (Lipinski definition) is 0. The average Bonchev–Trinajstić information content (AvgIpc) is 2.80. The fourth-order valence-corrected chi connectivity index (χ4v) is 1.95. The molecule has 0 bridgehead atoms. The van der Waals surface area contributed by atoms with Crippen molar-refractivity contribution < 1.29 is 0 Å². The summed E-state index contributed by atoms with van der Waals surface area (Å²) in [5, 5.41) is 4.80. The van der Waals surface area contributed by atoms with Crippen molar-refractivity contribution >= 4 is 0 Å². The van der Waals surface area contributed by atoms with E-state index < -0.39 is 0 Å². The minimum absolute atomic E-state index is 0.165. The summed E-state index contributed by atoms with van der Waals surface area (Å²) in [6.45, 7) is 12.4. The highest BCUT2D eigenvalue weighted by molar-refractivity contribution is 5.20. The summed E-state index contributed by atoms with van der Waals surface area (Å²) in [6, 6.07) is 2.30. The maximum atomic E-state index is 4.80. The Morgan fingerprint density at radius 3 is 2.44 bits per heavy atom. The highest BCUT2D eigenvalue weighted by Gasteiger charge is 2.26. The molecule has 2 rings (SSSR count). The molecule has 0 atom stereocenters. The van der Waals surface area contributed by atoms with Gasteiger partial charge in [0.25, 0.3) is 0 Å². The van der Waals surface area contributed by atoms with Crippen LogP contribution in [0.5, 0.6) is 0 Å². The second kappa shape index (κ2) is 3.90. The van der Waals surface area contributed by atoms with Gasteiger partial charge in [-0.2, -0.15) is 5.10 Å². The first kappa shape index (κ1) is 11.7. The largest absolute Gasteiger partial charge is 0.269 e. The number of nitrogens with zero attached hydrogens (tertiary/aromatic N) is 2. The molecule has 2 heteroatoms.